The number of aromatic hydroxyl groups is 3. The summed E-state index contributed by atoms with van der Waals surface area (Å²) in [5.74, 6) is -7.59. The lowest BCUT2D eigenvalue weighted by Crippen LogP contribution is -2.51. The molecule has 0 bridgehead atoms. The van der Waals surface area contributed by atoms with Gasteiger partial charge in [0.1, 0.15) is 40.9 Å². The van der Waals surface area contributed by atoms with Crippen LogP contribution in [0.15, 0.2) is 45.6 Å². The van der Waals surface area contributed by atoms with E-state index < -0.39 is 65.1 Å². The van der Waals surface area contributed by atoms with Gasteiger partial charge in [0.25, 0.3) is 5.79 Å². The first-order chi connectivity index (χ1) is 15.5. The fourth-order valence-corrected chi connectivity index (χ4v) is 3.61. The lowest BCUT2D eigenvalue weighted by atomic mass is 10.0. The van der Waals surface area contributed by atoms with E-state index in [1.54, 1.807) is 0 Å². The monoisotopic (exact) mass is 464 g/mol. The van der Waals surface area contributed by atoms with Crippen molar-refractivity contribution in [1.82, 2.24) is 0 Å². The molecule has 1 aliphatic rings. The quantitative estimate of drug-likeness (QED) is 0.230. The van der Waals surface area contributed by atoms with Crippen LogP contribution >= 0.6 is 0 Å². The van der Waals surface area contributed by atoms with E-state index in [1.807, 2.05) is 0 Å². The number of phenolic OH excluding ortho intramolecular Hbond substituents is 3. The molecule has 2 aromatic carbocycles. The van der Waals surface area contributed by atoms with Gasteiger partial charge in [0.15, 0.2) is 11.9 Å². The Hall–Kier alpha value is -3.39. The Kier molecular flexibility index (Phi) is 5.44. The summed E-state index contributed by atoms with van der Waals surface area (Å²) in [5, 5.41) is 79.2. The zero-order chi connectivity index (χ0) is 24.1. The molecule has 1 aliphatic heterocycles. The highest BCUT2D eigenvalue weighted by atomic mass is 16.8. The smallest absolute Gasteiger partial charge is 0.265 e. The third-order valence-corrected chi connectivity index (χ3v) is 5.33. The molecule has 0 spiro atoms. The zero-order valence-electron chi connectivity index (χ0n) is 16.7. The van der Waals surface area contributed by atoms with Crippen LogP contribution in [0.5, 0.6) is 23.0 Å². The second kappa shape index (κ2) is 7.88. The normalized spacial score (nSPS) is 27.2. The summed E-state index contributed by atoms with van der Waals surface area (Å²) in [7, 11) is 0. The topological polar surface area (TPSA) is 211 Å². The van der Waals surface area contributed by atoms with Crippen LogP contribution in [0.4, 0.5) is 0 Å². The Morgan fingerprint density at radius 3 is 2.18 bits per heavy atom. The van der Waals surface area contributed by atoms with Crippen LogP contribution in [0.25, 0.3) is 22.3 Å². The van der Waals surface area contributed by atoms with Crippen molar-refractivity contribution in [3.05, 3.63) is 46.6 Å². The second-order valence-corrected chi connectivity index (χ2v) is 7.54. The molecule has 4 rings (SSSR count). The number of hydrogen-bond acceptors (Lipinski definition) is 12. The highest BCUT2D eigenvalue weighted by Crippen LogP contribution is 2.42. The molecule has 33 heavy (non-hydrogen) atoms. The van der Waals surface area contributed by atoms with Crippen LogP contribution in [-0.4, -0.2) is 77.8 Å². The van der Waals surface area contributed by atoms with Crippen LogP contribution in [0.1, 0.15) is 0 Å². The molecule has 12 heteroatoms. The van der Waals surface area contributed by atoms with Crippen molar-refractivity contribution < 1.29 is 54.7 Å². The number of phenols is 3. The number of benzene rings is 2. The lowest BCUT2D eigenvalue weighted by molar-refractivity contribution is -0.314. The summed E-state index contributed by atoms with van der Waals surface area (Å²) in [6.45, 7) is -2.38. The minimum Gasteiger partial charge on any atom is -0.508 e. The molecule has 0 amide bonds. The number of aliphatic hydroxyl groups is 5. The molecule has 3 aromatic rings. The molecule has 0 radical (unpaired) electrons. The van der Waals surface area contributed by atoms with Gasteiger partial charge in [-0.15, -0.1) is 0 Å². The van der Waals surface area contributed by atoms with Gasteiger partial charge in [0.05, 0.1) is 6.61 Å². The highest BCUT2D eigenvalue weighted by molar-refractivity contribution is 5.88. The minimum absolute atomic E-state index is 0.114. The molecule has 0 aliphatic carbocycles. The largest absolute Gasteiger partial charge is 0.508 e. The Balaban J connectivity index is 1.98. The van der Waals surface area contributed by atoms with E-state index in [2.05, 4.69) is 0 Å². The van der Waals surface area contributed by atoms with Crippen molar-refractivity contribution in [1.29, 1.82) is 0 Å². The number of ether oxygens (including phenoxy) is 2. The van der Waals surface area contributed by atoms with E-state index in [9.17, 15) is 45.6 Å². The van der Waals surface area contributed by atoms with E-state index in [1.165, 1.54) is 24.3 Å². The van der Waals surface area contributed by atoms with E-state index >= 15 is 0 Å². The van der Waals surface area contributed by atoms with E-state index in [0.29, 0.717) is 0 Å². The Morgan fingerprint density at radius 2 is 1.61 bits per heavy atom. The van der Waals surface area contributed by atoms with Gasteiger partial charge in [-0.2, -0.15) is 0 Å². The maximum Gasteiger partial charge on any atom is 0.265 e. The van der Waals surface area contributed by atoms with Gasteiger partial charge in [-0.25, -0.2) is 0 Å². The van der Waals surface area contributed by atoms with Crippen LogP contribution in [0, 0.1) is 0 Å². The first-order valence-electron chi connectivity index (χ1n) is 9.57. The molecule has 1 fully saturated rings. The molecule has 1 aromatic heterocycles. The van der Waals surface area contributed by atoms with Crippen molar-refractivity contribution >= 4 is 11.0 Å². The predicted molar refractivity (Wildman–Crippen MR) is 108 cm³/mol. The third kappa shape index (κ3) is 3.54. The molecule has 0 saturated carbocycles. The summed E-state index contributed by atoms with van der Waals surface area (Å²) in [4.78, 5) is 13.3. The lowest BCUT2D eigenvalue weighted by Gasteiger charge is -2.31. The van der Waals surface area contributed by atoms with E-state index in [4.69, 9.17) is 13.9 Å². The molecule has 4 atom stereocenters. The Bertz CT molecular complexity index is 1250. The number of hydrogen-bond donors (Lipinski definition) is 8. The Labute approximate surface area is 184 Å². The van der Waals surface area contributed by atoms with Gasteiger partial charge in [-0.1, -0.05) is 0 Å². The first kappa shape index (κ1) is 22.8. The standard InChI is InChI=1S/C21H20O12/c22-7-20(30)18(28)19(29)21(8-23,33-20)32-17-15(27)14-12(26)5-11(25)6-13(14)31-16(17)9-1-3-10(24)4-2-9/h1-6,18-19,22-26,28-30H,7-8H2. The van der Waals surface area contributed by atoms with Crippen LogP contribution in [-0.2, 0) is 4.74 Å². The highest BCUT2D eigenvalue weighted by Gasteiger charge is 2.64. The fraction of sp³-hybridized carbons (Fsp3) is 0.286. The summed E-state index contributed by atoms with van der Waals surface area (Å²) in [5.41, 5.74) is -1.11. The zero-order valence-corrected chi connectivity index (χ0v) is 16.7. The SMILES string of the molecule is O=c1c(OC2(CO)OC(O)(CO)C(O)C2O)c(-c2ccc(O)cc2)oc2cc(O)cc(O)c12. The molecular formula is C21H20O12. The van der Waals surface area contributed by atoms with Crippen molar-refractivity contribution in [3.63, 3.8) is 0 Å². The van der Waals surface area contributed by atoms with E-state index in [-0.39, 0.29) is 22.7 Å². The molecule has 8 N–H and O–H groups in total. The first-order valence-corrected chi connectivity index (χ1v) is 9.57. The van der Waals surface area contributed by atoms with Crippen molar-refractivity contribution in [3.8, 4) is 34.3 Å². The average Bonchev–Trinajstić information content (AvgIpc) is 2.97. The minimum atomic E-state index is -2.73. The number of aliphatic hydroxyl groups excluding tert-OH is 4. The van der Waals surface area contributed by atoms with Crippen molar-refractivity contribution in [2.75, 3.05) is 13.2 Å². The molecular weight excluding hydrogens is 444 g/mol. The Morgan fingerprint density at radius 1 is 0.939 bits per heavy atom. The van der Waals surface area contributed by atoms with Gasteiger partial charge in [-0.05, 0) is 24.3 Å². The maximum absolute atomic E-state index is 13.3. The second-order valence-electron chi connectivity index (χ2n) is 7.54. The number of rotatable bonds is 5. The van der Waals surface area contributed by atoms with Crippen LogP contribution in [0.2, 0.25) is 0 Å². The third-order valence-electron chi connectivity index (χ3n) is 5.33. The summed E-state index contributed by atoms with van der Waals surface area (Å²) in [6, 6.07) is 7.14. The van der Waals surface area contributed by atoms with Crippen LogP contribution in [0.3, 0.4) is 0 Å². The fourth-order valence-electron chi connectivity index (χ4n) is 3.61. The average molecular weight is 464 g/mol. The van der Waals surface area contributed by atoms with Gasteiger partial charge in [-0.3, -0.25) is 9.53 Å². The molecule has 1 saturated heterocycles. The summed E-state index contributed by atoms with van der Waals surface area (Å²) in [6.07, 6.45) is -4.28. The number of fused-ring (bicyclic) bond motifs is 1. The molecule has 12 nitrogen and oxygen atoms in total. The molecule has 176 valence electrons. The van der Waals surface area contributed by atoms with Crippen molar-refractivity contribution in [2.24, 2.45) is 0 Å². The van der Waals surface area contributed by atoms with Gasteiger partial charge in [0.2, 0.25) is 17.0 Å². The van der Waals surface area contributed by atoms with Gasteiger partial charge < -0.3 is 50.0 Å². The van der Waals surface area contributed by atoms with Gasteiger partial charge in [0, 0.05) is 17.7 Å². The van der Waals surface area contributed by atoms with E-state index in [0.717, 1.165) is 12.1 Å². The maximum atomic E-state index is 13.3. The van der Waals surface area contributed by atoms with Crippen LogP contribution < -0.4 is 10.2 Å². The molecule has 2 heterocycles. The van der Waals surface area contributed by atoms with Crippen molar-refractivity contribution in [2.45, 2.75) is 23.8 Å². The molecule has 4 unspecified atom stereocenters. The summed E-state index contributed by atoms with van der Waals surface area (Å²) >= 11 is 0. The van der Waals surface area contributed by atoms with Gasteiger partial charge >= 0.3 is 0 Å². The summed E-state index contributed by atoms with van der Waals surface area (Å²) < 4.78 is 16.3. The predicted octanol–water partition coefficient (Wildman–Crippen LogP) is -0.923.